The van der Waals surface area contributed by atoms with Gasteiger partial charge in [-0.15, -0.1) is 0 Å². The van der Waals surface area contributed by atoms with E-state index >= 15 is 0 Å². The molecule has 1 aliphatic rings. The van der Waals surface area contributed by atoms with Crippen molar-refractivity contribution in [2.24, 2.45) is 0 Å². The van der Waals surface area contributed by atoms with Gasteiger partial charge in [0.15, 0.2) is 5.82 Å². The van der Waals surface area contributed by atoms with E-state index in [0.717, 1.165) is 18.4 Å². The molecule has 0 unspecified atom stereocenters. The number of nitrogens with one attached hydrogen (secondary N) is 1. The number of hydrogen-bond acceptors (Lipinski definition) is 4. The van der Waals surface area contributed by atoms with E-state index in [1.165, 1.54) is 11.1 Å². The van der Waals surface area contributed by atoms with Gasteiger partial charge in [-0.25, -0.2) is 9.97 Å². The van der Waals surface area contributed by atoms with Crippen molar-refractivity contribution in [3.8, 4) is 22.8 Å². The average Bonchev–Trinajstić information content (AvgIpc) is 3.25. The molecule has 5 rings (SSSR count). The van der Waals surface area contributed by atoms with Gasteiger partial charge in [0.2, 0.25) is 0 Å². The monoisotopic (exact) mass is 395 g/mol. The van der Waals surface area contributed by atoms with Gasteiger partial charge in [0.05, 0.1) is 12.2 Å². The second-order valence-electron chi connectivity index (χ2n) is 7.30. The smallest absolute Gasteiger partial charge is 0.269 e. The van der Waals surface area contributed by atoms with Crippen LogP contribution in [0.25, 0.3) is 22.8 Å². The molecule has 0 bridgehead atoms. The fraction of sp³-hybridized carbons (Fsp3) is 0.167. The molecule has 0 fully saturated rings. The topological polar surface area (TPSA) is 72.7 Å². The number of benzene rings is 2. The van der Waals surface area contributed by atoms with Crippen molar-refractivity contribution < 1.29 is 4.79 Å². The zero-order chi connectivity index (χ0) is 20.3. The predicted molar refractivity (Wildman–Crippen MR) is 115 cm³/mol. The van der Waals surface area contributed by atoms with Crippen LogP contribution in [0.5, 0.6) is 0 Å². The first kappa shape index (κ1) is 18.2. The van der Waals surface area contributed by atoms with E-state index < -0.39 is 0 Å². The van der Waals surface area contributed by atoms with Crippen LogP contribution in [0.1, 0.15) is 21.6 Å². The highest BCUT2D eigenvalue weighted by Crippen LogP contribution is 2.25. The van der Waals surface area contributed by atoms with Crippen LogP contribution < -0.4 is 5.32 Å². The Hall–Kier alpha value is -3.80. The van der Waals surface area contributed by atoms with Crippen LogP contribution in [0.3, 0.4) is 0 Å². The summed E-state index contributed by atoms with van der Waals surface area (Å²) in [7, 11) is 0. The molecule has 2 aromatic heterocycles. The van der Waals surface area contributed by atoms with Crippen LogP contribution >= 0.6 is 0 Å². The standard InChI is InChI=1S/C24H21N5O/c30-24-22-16-21(28-29(22)15-14-26-24)20-12-13-25-23(27-20)19-9-5-4-8-18(19)11-10-17-6-2-1-3-7-17/h1-9,12-13,16H,10-11,14-15H2,(H,26,30). The Labute approximate surface area is 174 Å². The lowest BCUT2D eigenvalue weighted by Crippen LogP contribution is -2.35. The van der Waals surface area contributed by atoms with Crippen LogP contribution in [0.15, 0.2) is 72.9 Å². The van der Waals surface area contributed by atoms with Crippen molar-refractivity contribution in [3.05, 3.63) is 89.7 Å². The Kier molecular flexibility index (Phi) is 4.81. The third kappa shape index (κ3) is 3.59. The quantitative estimate of drug-likeness (QED) is 0.561. The lowest BCUT2D eigenvalue weighted by Gasteiger charge is -2.13. The maximum atomic E-state index is 12.0. The molecule has 6 heteroatoms. The lowest BCUT2D eigenvalue weighted by molar-refractivity contribution is 0.0924. The molecule has 2 aromatic carbocycles. The molecule has 1 amide bonds. The Morgan fingerprint density at radius 2 is 1.77 bits per heavy atom. The molecule has 3 heterocycles. The van der Waals surface area contributed by atoms with Crippen molar-refractivity contribution >= 4 is 5.91 Å². The van der Waals surface area contributed by atoms with Crippen molar-refractivity contribution in [3.63, 3.8) is 0 Å². The summed E-state index contributed by atoms with van der Waals surface area (Å²) in [5, 5.41) is 7.41. The summed E-state index contributed by atoms with van der Waals surface area (Å²) in [4.78, 5) is 21.3. The molecule has 4 aromatic rings. The number of nitrogens with zero attached hydrogens (tertiary/aromatic N) is 4. The fourth-order valence-corrected chi connectivity index (χ4v) is 3.77. The molecule has 148 valence electrons. The number of aryl methyl sites for hydroxylation is 2. The summed E-state index contributed by atoms with van der Waals surface area (Å²) in [5.74, 6) is 0.576. The van der Waals surface area contributed by atoms with Gasteiger partial charge in [0, 0.05) is 18.3 Å². The minimum Gasteiger partial charge on any atom is -0.349 e. The molecule has 0 spiro atoms. The van der Waals surface area contributed by atoms with Gasteiger partial charge in [-0.1, -0.05) is 54.6 Å². The second-order valence-corrected chi connectivity index (χ2v) is 7.30. The second kappa shape index (κ2) is 7.91. The molecular weight excluding hydrogens is 374 g/mol. The SMILES string of the molecule is O=C1NCCn2nc(-c3ccnc(-c4ccccc4CCc4ccccc4)n3)cc21. The van der Waals surface area contributed by atoms with Crippen molar-refractivity contribution in [2.45, 2.75) is 19.4 Å². The van der Waals surface area contributed by atoms with Gasteiger partial charge in [-0.05, 0) is 36.1 Å². The van der Waals surface area contributed by atoms with E-state index in [9.17, 15) is 4.79 Å². The minimum atomic E-state index is -0.0967. The van der Waals surface area contributed by atoms with Gasteiger partial charge in [-0.2, -0.15) is 5.10 Å². The van der Waals surface area contributed by atoms with Crippen molar-refractivity contribution in [2.75, 3.05) is 6.54 Å². The van der Waals surface area contributed by atoms with Gasteiger partial charge < -0.3 is 5.32 Å². The third-order valence-corrected chi connectivity index (χ3v) is 5.32. The lowest BCUT2D eigenvalue weighted by atomic mass is 9.99. The third-order valence-electron chi connectivity index (χ3n) is 5.32. The first-order valence-electron chi connectivity index (χ1n) is 10.1. The van der Waals surface area contributed by atoms with Gasteiger partial charge in [0.25, 0.3) is 5.91 Å². The van der Waals surface area contributed by atoms with Crippen molar-refractivity contribution in [1.82, 2.24) is 25.1 Å². The van der Waals surface area contributed by atoms with Crippen LogP contribution in [0.4, 0.5) is 0 Å². The molecule has 30 heavy (non-hydrogen) atoms. The molecule has 0 radical (unpaired) electrons. The highest BCUT2D eigenvalue weighted by Gasteiger charge is 2.20. The van der Waals surface area contributed by atoms with E-state index in [1.807, 2.05) is 18.2 Å². The number of fused-ring (bicyclic) bond motifs is 1. The number of rotatable bonds is 5. The first-order valence-corrected chi connectivity index (χ1v) is 10.1. The number of amides is 1. The molecule has 0 atom stereocenters. The minimum absolute atomic E-state index is 0.0967. The zero-order valence-electron chi connectivity index (χ0n) is 16.5. The highest BCUT2D eigenvalue weighted by atomic mass is 16.2. The van der Waals surface area contributed by atoms with E-state index in [4.69, 9.17) is 4.98 Å². The molecule has 1 N–H and O–H groups in total. The fourth-order valence-electron chi connectivity index (χ4n) is 3.77. The van der Waals surface area contributed by atoms with Gasteiger partial charge >= 0.3 is 0 Å². The van der Waals surface area contributed by atoms with E-state index in [2.05, 4.69) is 57.9 Å². The summed E-state index contributed by atoms with van der Waals surface area (Å²) < 4.78 is 1.74. The number of hydrogen-bond donors (Lipinski definition) is 1. The maximum absolute atomic E-state index is 12.0. The molecule has 0 saturated heterocycles. The van der Waals surface area contributed by atoms with Crippen LogP contribution in [-0.2, 0) is 19.4 Å². The van der Waals surface area contributed by atoms with E-state index in [1.54, 1.807) is 16.9 Å². The normalized spacial score (nSPS) is 13.0. The number of carbonyl (C=O) groups excluding carboxylic acids is 1. The Morgan fingerprint density at radius 1 is 0.933 bits per heavy atom. The summed E-state index contributed by atoms with van der Waals surface area (Å²) in [5.41, 5.74) is 5.52. The van der Waals surface area contributed by atoms with Gasteiger partial charge in [0.1, 0.15) is 11.4 Å². The van der Waals surface area contributed by atoms with E-state index in [0.29, 0.717) is 36.0 Å². The number of aromatic nitrogens is 4. The van der Waals surface area contributed by atoms with Crippen LogP contribution in [-0.4, -0.2) is 32.2 Å². The van der Waals surface area contributed by atoms with Crippen LogP contribution in [0.2, 0.25) is 0 Å². The predicted octanol–water partition coefficient (Wildman–Crippen LogP) is 3.54. The zero-order valence-corrected chi connectivity index (χ0v) is 16.5. The Bertz CT molecular complexity index is 1200. The van der Waals surface area contributed by atoms with Gasteiger partial charge in [-0.3, -0.25) is 9.48 Å². The summed E-state index contributed by atoms with van der Waals surface area (Å²) in [6.45, 7) is 1.26. The maximum Gasteiger partial charge on any atom is 0.269 e. The molecule has 0 aliphatic carbocycles. The van der Waals surface area contributed by atoms with E-state index in [-0.39, 0.29) is 5.91 Å². The number of carbonyl (C=O) groups is 1. The molecule has 0 saturated carbocycles. The molecular formula is C24H21N5O. The van der Waals surface area contributed by atoms with Crippen LogP contribution in [0, 0.1) is 0 Å². The average molecular weight is 395 g/mol. The Morgan fingerprint density at radius 3 is 2.63 bits per heavy atom. The summed E-state index contributed by atoms with van der Waals surface area (Å²) in [6.07, 6.45) is 3.62. The summed E-state index contributed by atoms with van der Waals surface area (Å²) in [6, 6.07) is 22.4. The molecule has 1 aliphatic heterocycles. The summed E-state index contributed by atoms with van der Waals surface area (Å²) >= 11 is 0. The molecule has 6 nitrogen and oxygen atoms in total. The largest absolute Gasteiger partial charge is 0.349 e. The Balaban J connectivity index is 1.45. The first-order chi connectivity index (χ1) is 14.8. The van der Waals surface area contributed by atoms with Crippen molar-refractivity contribution in [1.29, 1.82) is 0 Å². The highest BCUT2D eigenvalue weighted by molar-refractivity contribution is 5.94.